The van der Waals surface area contributed by atoms with Gasteiger partial charge >= 0.3 is 12.1 Å². The normalized spacial score (nSPS) is 11.2. The van der Waals surface area contributed by atoms with Crippen molar-refractivity contribution in [3.63, 3.8) is 0 Å². The first-order chi connectivity index (χ1) is 12.7. The number of hydrogen-bond donors (Lipinski definition) is 2. The van der Waals surface area contributed by atoms with Crippen LogP contribution in [-0.4, -0.2) is 29.8 Å². The molecule has 0 spiro atoms. The minimum atomic E-state index is -4.35. The van der Waals surface area contributed by atoms with Crippen LogP contribution in [0.3, 0.4) is 0 Å². The molecule has 2 rings (SSSR count). The molecular weight excluding hydrogens is 363 g/mol. The zero-order valence-corrected chi connectivity index (χ0v) is 14.3. The highest BCUT2D eigenvalue weighted by atomic mass is 19.4. The first kappa shape index (κ1) is 20.4. The van der Waals surface area contributed by atoms with Gasteiger partial charge in [-0.05, 0) is 28.8 Å². The predicted octanol–water partition coefficient (Wildman–Crippen LogP) is 3.32. The van der Waals surface area contributed by atoms with Gasteiger partial charge in [0.05, 0.1) is 18.6 Å². The van der Waals surface area contributed by atoms with Crippen LogP contribution in [-0.2, 0) is 29.1 Å². The Labute approximate surface area is 153 Å². The van der Waals surface area contributed by atoms with E-state index in [2.05, 4.69) is 10.1 Å². The van der Waals surface area contributed by atoms with E-state index in [4.69, 9.17) is 5.11 Å². The smallest absolute Gasteiger partial charge is 0.411 e. The number of amides is 1. The average Bonchev–Trinajstić information content (AvgIpc) is 2.60. The fraction of sp³-hybridized carbons (Fsp3) is 0.263. The predicted molar refractivity (Wildman–Crippen MR) is 91.1 cm³/mol. The molecule has 0 unspecified atom stereocenters. The van der Waals surface area contributed by atoms with Crippen molar-refractivity contribution in [2.75, 3.05) is 6.61 Å². The van der Waals surface area contributed by atoms with E-state index < -0.39 is 18.8 Å². The van der Waals surface area contributed by atoms with Gasteiger partial charge in [0.15, 0.2) is 0 Å². The van der Waals surface area contributed by atoms with Crippen molar-refractivity contribution in [3.05, 3.63) is 70.8 Å². The van der Waals surface area contributed by atoms with Crippen molar-refractivity contribution in [2.24, 2.45) is 0 Å². The summed E-state index contributed by atoms with van der Waals surface area (Å²) in [4.78, 5) is 22.7. The van der Waals surface area contributed by atoms with Gasteiger partial charge in [-0.1, -0.05) is 36.4 Å². The molecule has 0 atom stereocenters. The van der Waals surface area contributed by atoms with Crippen LogP contribution in [0.1, 0.15) is 27.0 Å². The van der Waals surface area contributed by atoms with Gasteiger partial charge in [-0.15, -0.1) is 0 Å². The van der Waals surface area contributed by atoms with Gasteiger partial charge in [0.25, 0.3) is 0 Å². The molecule has 2 aromatic rings. The molecule has 0 fully saturated rings. The molecule has 0 heterocycles. The highest BCUT2D eigenvalue weighted by Gasteiger charge is 2.27. The van der Waals surface area contributed by atoms with Crippen LogP contribution >= 0.6 is 0 Å². The van der Waals surface area contributed by atoms with E-state index in [1.165, 1.54) is 12.1 Å². The third-order valence-electron chi connectivity index (χ3n) is 3.61. The van der Waals surface area contributed by atoms with Gasteiger partial charge in [0.1, 0.15) is 6.61 Å². The van der Waals surface area contributed by atoms with Gasteiger partial charge in [-0.3, -0.25) is 4.79 Å². The molecule has 0 aromatic heterocycles. The van der Waals surface area contributed by atoms with Crippen LogP contribution in [0.25, 0.3) is 0 Å². The van der Waals surface area contributed by atoms with E-state index in [0.717, 1.165) is 5.56 Å². The lowest BCUT2D eigenvalue weighted by molar-refractivity contribution is -0.176. The molecule has 2 N–H and O–H groups in total. The minimum absolute atomic E-state index is 0.114. The van der Waals surface area contributed by atoms with E-state index in [1.54, 1.807) is 36.4 Å². The molecule has 5 nitrogen and oxygen atoms in total. The third kappa shape index (κ3) is 7.49. The Morgan fingerprint density at radius 3 is 2.04 bits per heavy atom. The molecule has 0 bridgehead atoms. The molecule has 0 radical (unpaired) electrons. The van der Waals surface area contributed by atoms with Gasteiger partial charge in [-0.2, -0.15) is 13.2 Å². The summed E-state index contributed by atoms with van der Waals surface area (Å²) in [6.45, 7) is -1.16. The van der Waals surface area contributed by atoms with Crippen LogP contribution in [0.4, 0.5) is 13.2 Å². The summed E-state index contributed by atoms with van der Waals surface area (Å²) >= 11 is 0. The number of aromatic carboxylic acids is 1. The van der Waals surface area contributed by atoms with Crippen molar-refractivity contribution in [3.8, 4) is 0 Å². The Bertz CT molecular complexity index is 771. The van der Waals surface area contributed by atoms with Crippen molar-refractivity contribution in [2.45, 2.75) is 25.7 Å². The van der Waals surface area contributed by atoms with Gasteiger partial charge in [-0.25, -0.2) is 4.79 Å². The molecule has 8 heteroatoms. The Hall–Kier alpha value is -2.87. The van der Waals surface area contributed by atoms with E-state index >= 15 is 0 Å². The second-order valence-corrected chi connectivity index (χ2v) is 5.88. The standard InChI is InChI=1S/C19H18F3NO4/c20-19(21,22)12-27-11-15-3-1-14(2-4-15)10-23-17(24)9-13-5-7-16(8-6-13)18(25)26/h1-8H,9-12H2,(H,23,24)(H,25,26). The number of halogens is 3. The maximum absolute atomic E-state index is 12.0. The Kier molecular flexibility index (Phi) is 6.95. The van der Waals surface area contributed by atoms with Crippen LogP contribution in [0.15, 0.2) is 48.5 Å². The summed E-state index contributed by atoms with van der Waals surface area (Å²) in [6.07, 6.45) is -4.23. The van der Waals surface area contributed by atoms with Crippen molar-refractivity contribution in [1.82, 2.24) is 5.32 Å². The van der Waals surface area contributed by atoms with Crippen molar-refractivity contribution in [1.29, 1.82) is 0 Å². The van der Waals surface area contributed by atoms with Crippen LogP contribution in [0.2, 0.25) is 0 Å². The second kappa shape index (κ2) is 9.18. The molecule has 0 aliphatic heterocycles. The number of ether oxygens (including phenoxy) is 1. The van der Waals surface area contributed by atoms with Gasteiger partial charge in [0, 0.05) is 6.54 Å². The number of carboxylic acids is 1. The van der Waals surface area contributed by atoms with E-state index in [0.29, 0.717) is 11.1 Å². The number of carboxylic acid groups (broad SMARTS) is 1. The average molecular weight is 381 g/mol. The molecule has 27 heavy (non-hydrogen) atoms. The lowest BCUT2D eigenvalue weighted by atomic mass is 10.1. The van der Waals surface area contributed by atoms with Gasteiger partial charge < -0.3 is 15.2 Å². The van der Waals surface area contributed by atoms with E-state index in [-0.39, 0.29) is 31.0 Å². The number of rotatable bonds is 8. The Morgan fingerprint density at radius 1 is 0.926 bits per heavy atom. The number of benzene rings is 2. The maximum atomic E-state index is 12.0. The van der Waals surface area contributed by atoms with Crippen LogP contribution < -0.4 is 5.32 Å². The first-order valence-corrected chi connectivity index (χ1v) is 8.04. The zero-order chi connectivity index (χ0) is 19.9. The van der Waals surface area contributed by atoms with Crippen LogP contribution in [0, 0.1) is 0 Å². The molecule has 144 valence electrons. The summed E-state index contributed by atoms with van der Waals surface area (Å²) in [7, 11) is 0. The fourth-order valence-corrected chi connectivity index (χ4v) is 2.25. The molecule has 1 amide bonds. The molecule has 0 aliphatic rings. The zero-order valence-electron chi connectivity index (χ0n) is 14.3. The minimum Gasteiger partial charge on any atom is -0.478 e. The quantitative estimate of drug-likeness (QED) is 0.736. The number of carbonyl (C=O) groups excluding carboxylic acids is 1. The Balaban J connectivity index is 1.77. The second-order valence-electron chi connectivity index (χ2n) is 5.88. The van der Waals surface area contributed by atoms with Crippen molar-refractivity contribution >= 4 is 11.9 Å². The highest BCUT2D eigenvalue weighted by molar-refractivity contribution is 5.87. The molecular formula is C19H18F3NO4. The number of alkyl halides is 3. The summed E-state index contributed by atoms with van der Waals surface area (Å²) in [6, 6.07) is 12.7. The van der Waals surface area contributed by atoms with E-state index in [1.807, 2.05) is 0 Å². The SMILES string of the molecule is O=C(Cc1ccc(C(=O)O)cc1)NCc1ccc(COCC(F)(F)F)cc1. The molecule has 0 saturated carbocycles. The lowest BCUT2D eigenvalue weighted by Crippen LogP contribution is -2.24. The lowest BCUT2D eigenvalue weighted by Gasteiger charge is -2.09. The number of carbonyl (C=O) groups is 2. The summed E-state index contributed by atoms with van der Waals surface area (Å²) in [5.41, 5.74) is 2.24. The number of hydrogen-bond acceptors (Lipinski definition) is 3. The maximum Gasteiger partial charge on any atom is 0.411 e. The summed E-state index contributed by atoms with van der Waals surface area (Å²) < 4.78 is 40.6. The molecule has 0 saturated heterocycles. The van der Waals surface area contributed by atoms with Crippen LogP contribution in [0.5, 0.6) is 0 Å². The topological polar surface area (TPSA) is 75.6 Å². The van der Waals surface area contributed by atoms with Crippen molar-refractivity contribution < 1.29 is 32.6 Å². The fourth-order valence-electron chi connectivity index (χ4n) is 2.25. The third-order valence-corrected chi connectivity index (χ3v) is 3.61. The molecule has 2 aromatic carbocycles. The highest BCUT2D eigenvalue weighted by Crippen LogP contribution is 2.16. The number of nitrogens with one attached hydrogen (secondary N) is 1. The molecule has 0 aliphatic carbocycles. The van der Waals surface area contributed by atoms with E-state index in [9.17, 15) is 22.8 Å². The summed E-state index contributed by atoms with van der Waals surface area (Å²) in [5.74, 6) is -1.26. The Morgan fingerprint density at radius 2 is 1.48 bits per heavy atom. The first-order valence-electron chi connectivity index (χ1n) is 8.04. The largest absolute Gasteiger partial charge is 0.478 e. The van der Waals surface area contributed by atoms with Gasteiger partial charge in [0.2, 0.25) is 5.91 Å². The monoisotopic (exact) mass is 381 g/mol. The summed E-state index contributed by atoms with van der Waals surface area (Å²) in [5, 5.41) is 11.6.